The van der Waals surface area contributed by atoms with Gasteiger partial charge in [0.2, 0.25) is 0 Å². The zero-order valence-corrected chi connectivity index (χ0v) is 8.39. The van der Waals surface area contributed by atoms with Crippen LogP contribution in [0.5, 0.6) is 0 Å². The number of nitrogens with one attached hydrogen (secondary N) is 1. The van der Waals surface area contributed by atoms with E-state index < -0.39 is 0 Å². The molecule has 3 nitrogen and oxygen atoms in total. The first-order chi connectivity index (χ1) is 6.11. The molecule has 0 aliphatic rings. The molecule has 0 spiro atoms. The molecule has 0 atom stereocenters. The van der Waals surface area contributed by atoms with Gasteiger partial charge in [0, 0.05) is 14.1 Å². The van der Waals surface area contributed by atoms with Crippen LogP contribution >= 0.6 is 12.6 Å². The van der Waals surface area contributed by atoms with Gasteiger partial charge in [0.25, 0.3) is 0 Å². The largest absolute Gasteiger partial charge is 0.331 e. The van der Waals surface area contributed by atoms with Gasteiger partial charge in [0.1, 0.15) is 0 Å². The van der Waals surface area contributed by atoms with E-state index in [2.05, 4.69) is 5.32 Å². The van der Waals surface area contributed by atoms with Gasteiger partial charge in [-0.3, -0.25) is 0 Å². The highest BCUT2D eigenvalue weighted by Gasteiger charge is 2.05. The van der Waals surface area contributed by atoms with Crippen LogP contribution < -0.4 is 5.32 Å². The number of urea groups is 1. The molecule has 0 aromatic heterocycles. The van der Waals surface area contributed by atoms with Crippen molar-refractivity contribution in [2.45, 2.75) is 4.90 Å². The zero-order valence-electron chi connectivity index (χ0n) is 7.57. The SMILES string of the molecule is CN(C)C(=O)Nc1ccccc1[S]. The van der Waals surface area contributed by atoms with Crippen LogP contribution in [0.3, 0.4) is 0 Å². The van der Waals surface area contributed by atoms with Crippen LogP contribution in [0.25, 0.3) is 0 Å². The second kappa shape index (κ2) is 4.09. The Morgan fingerprint density at radius 2 is 2.00 bits per heavy atom. The van der Waals surface area contributed by atoms with E-state index in [1.165, 1.54) is 4.90 Å². The fourth-order valence-electron chi connectivity index (χ4n) is 0.797. The number of anilines is 1. The van der Waals surface area contributed by atoms with Crippen LogP contribution in [-0.4, -0.2) is 25.0 Å². The highest BCUT2D eigenvalue weighted by atomic mass is 32.1. The average Bonchev–Trinajstić information content (AvgIpc) is 2.08. The third kappa shape index (κ3) is 2.59. The van der Waals surface area contributed by atoms with E-state index >= 15 is 0 Å². The van der Waals surface area contributed by atoms with Crippen molar-refractivity contribution in [3.63, 3.8) is 0 Å². The summed E-state index contributed by atoms with van der Waals surface area (Å²) in [4.78, 5) is 13.3. The second-order valence-corrected chi connectivity index (χ2v) is 3.26. The molecule has 13 heavy (non-hydrogen) atoms. The molecule has 0 unspecified atom stereocenters. The van der Waals surface area contributed by atoms with Crippen molar-refractivity contribution in [2.24, 2.45) is 0 Å². The molecule has 2 amide bonds. The van der Waals surface area contributed by atoms with Crippen molar-refractivity contribution in [1.29, 1.82) is 0 Å². The predicted octanol–water partition coefficient (Wildman–Crippen LogP) is 2.34. The molecule has 0 saturated carbocycles. The van der Waals surface area contributed by atoms with Gasteiger partial charge in [0.15, 0.2) is 0 Å². The number of carbonyl (C=O) groups is 1. The topological polar surface area (TPSA) is 32.3 Å². The number of amides is 2. The summed E-state index contributed by atoms with van der Waals surface area (Å²) in [6, 6.07) is 7.07. The predicted molar refractivity (Wildman–Crippen MR) is 55.0 cm³/mol. The second-order valence-electron chi connectivity index (χ2n) is 2.82. The molecule has 0 aliphatic carbocycles. The molecule has 1 N–H and O–H groups in total. The van der Waals surface area contributed by atoms with Crippen LogP contribution in [0.2, 0.25) is 0 Å². The lowest BCUT2D eigenvalue weighted by molar-refractivity contribution is 0.230. The van der Waals surface area contributed by atoms with Gasteiger partial charge >= 0.3 is 6.03 Å². The molecule has 1 aromatic rings. The number of hydrogen-bond acceptors (Lipinski definition) is 1. The molecule has 1 aromatic carbocycles. The van der Waals surface area contributed by atoms with Crippen molar-refractivity contribution >= 4 is 24.3 Å². The highest BCUT2D eigenvalue weighted by molar-refractivity contribution is 7.80. The Hall–Kier alpha value is -1.29. The first-order valence-corrected chi connectivity index (χ1v) is 4.26. The van der Waals surface area contributed by atoms with E-state index in [-0.39, 0.29) is 6.03 Å². The van der Waals surface area contributed by atoms with Gasteiger partial charge in [-0.05, 0) is 12.1 Å². The van der Waals surface area contributed by atoms with Gasteiger partial charge in [-0.15, -0.1) is 0 Å². The van der Waals surface area contributed by atoms with Crippen molar-refractivity contribution in [3.8, 4) is 0 Å². The Bertz CT molecular complexity index is 312. The molecular weight excluding hydrogens is 184 g/mol. The maximum atomic E-state index is 11.2. The van der Waals surface area contributed by atoms with E-state index in [1.54, 1.807) is 26.2 Å². The smallest absolute Gasteiger partial charge is 0.321 e. The van der Waals surface area contributed by atoms with E-state index in [1.807, 2.05) is 12.1 Å². The molecule has 4 heteroatoms. The summed E-state index contributed by atoms with van der Waals surface area (Å²) < 4.78 is 0. The minimum Gasteiger partial charge on any atom is -0.331 e. The monoisotopic (exact) mass is 195 g/mol. The van der Waals surface area contributed by atoms with Crippen molar-refractivity contribution in [2.75, 3.05) is 19.4 Å². The summed E-state index contributed by atoms with van der Waals surface area (Å²) in [5, 5.41) is 2.69. The molecule has 0 heterocycles. The molecule has 0 fully saturated rings. The number of nitrogens with zero attached hydrogens (tertiary/aromatic N) is 1. The summed E-state index contributed by atoms with van der Waals surface area (Å²) in [7, 11) is 3.36. The van der Waals surface area contributed by atoms with Crippen molar-refractivity contribution in [3.05, 3.63) is 24.3 Å². The quantitative estimate of drug-likeness (QED) is 0.733. The van der Waals surface area contributed by atoms with Crippen LogP contribution in [0.15, 0.2) is 29.2 Å². The number of carbonyl (C=O) groups excluding carboxylic acids is 1. The van der Waals surface area contributed by atoms with E-state index in [0.717, 1.165) is 0 Å². The van der Waals surface area contributed by atoms with Crippen LogP contribution in [0.1, 0.15) is 0 Å². The van der Waals surface area contributed by atoms with E-state index in [9.17, 15) is 4.79 Å². The lowest BCUT2D eigenvalue weighted by Crippen LogP contribution is -2.27. The molecule has 0 bridgehead atoms. The minimum absolute atomic E-state index is 0.169. The Balaban J connectivity index is 2.75. The van der Waals surface area contributed by atoms with Crippen LogP contribution in [0, 0.1) is 0 Å². The summed E-state index contributed by atoms with van der Waals surface area (Å²) in [6.07, 6.45) is 0. The molecule has 1 radical (unpaired) electrons. The third-order valence-corrected chi connectivity index (χ3v) is 1.89. The Labute approximate surface area is 83.2 Å². The number of benzene rings is 1. The highest BCUT2D eigenvalue weighted by Crippen LogP contribution is 2.18. The lowest BCUT2D eigenvalue weighted by atomic mass is 10.3. The van der Waals surface area contributed by atoms with Gasteiger partial charge < -0.3 is 10.2 Å². The molecule has 0 saturated heterocycles. The van der Waals surface area contributed by atoms with Gasteiger partial charge in [-0.2, -0.15) is 0 Å². The van der Waals surface area contributed by atoms with Gasteiger partial charge in [-0.1, -0.05) is 24.8 Å². The summed E-state index contributed by atoms with van der Waals surface area (Å²) in [5.41, 5.74) is 0.677. The minimum atomic E-state index is -0.169. The Morgan fingerprint density at radius 1 is 1.38 bits per heavy atom. The lowest BCUT2D eigenvalue weighted by Gasteiger charge is -2.12. The first-order valence-electron chi connectivity index (χ1n) is 3.85. The normalized spacial score (nSPS) is 9.38. The van der Waals surface area contributed by atoms with Crippen molar-refractivity contribution in [1.82, 2.24) is 4.90 Å². The van der Waals surface area contributed by atoms with Gasteiger partial charge in [0.05, 0.1) is 10.6 Å². The molecule has 1 rings (SSSR count). The Kier molecular flexibility index (Phi) is 3.08. The zero-order chi connectivity index (χ0) is 9.84. The molecule has 0 aliphatic heterocycles. The average molecular weight is 195 g/mol. The third-order valence-electron chi connectivity index (χ3n) is 1.53. The fourth-order valence-corrected chi connectivity index (χ4v) is 0.995. The first kappa shape index (κ1) is 9.80. The molecular formula is C9H11N2OS. The summed E-state index contributed by atoms with van der Waals surface area (Å²) >= 11 is 5.02. The summed E-state index contributed by atoms with van der Waals surface area (Å²) in [5.74, 6) is 0. The maximum Gasteiger partial charge on any atom is 0.321 e. The summed E-state index contributed by atoms with van der Waals surface area (Å²) in [6.45, 7) is 0. The maximum absolute atomic E-state index is 11.2. The molecule has 69 valence electrons. The van der Waals surface area contributed by atoms with E-state index in [4.69, 9.17) is 12.6 Å². The van der Waals surface area contributed by atoms with Crippen LogP contribution in [-0.2, 0) is 0 Å². The standard InChI is InChI=1S/C9H11N2OS/c1-11(2)9(12)10-7-5-3-4-6-8(7)13/h3-6H,1-2H3,(H,10,12). The van der Waals surface area contributed by atoms with Crippen LogP contribution in [0.4, 0.5) is 10.5 Å². The number of para-hydroxylation sites is 1. The number of hydrogen-bond donors (Lipinski definition) is 1. The fraction of sp³-hybridized carbons (Fsp3) is 0.222. The van der Waals surface area contributed by atoms with Crippen molar-refractivity contribution < 1.29 is 4.79 Å². The Morgan fingerprint density at radius 3 is 2.54 bits per heavy atom. The van der Waals surface area contributed by atoms with Gasteiger partial charge in [-0.25, -0.2) is 4.79 Å². The van der Waals surface area contributed by atoms with E-state index in [0.29, 0.717) is 10.6 Å². The number of rotatable bonds is 1.